The smallest absolute Gasteiger partial charge is 0.137 e. The van der Waals surface area contributed by atoms with Crippen molar-refractivity contribution in [1.29, 1.82) is 0 Å². The van der Waals surface area contributed by atoms with Crippen LogP contribution in [0, 0.1) is 17.6 Å². The molecule has 0 aliphatic heterocycles. The summed E-state index contributed by atoms with van der Waals surface area (Å²) in [5, 5.41) is 23.9. The summed E-state index contributed by atoms with van der Waals surface area (Å²) < 4.78 is 28.3. The Morgan fingerprint density at radius 1 is 1.40 bits per heavy atom. The van der Waals surface area contributed by atoms with Gasteiger partial charge >= 0.3 is 0 Å². The van der Waals surface area contributed by atoms with Gasteiger partial charge in [0, 0.05) is 24.2 Å². The van der Waals surface area contributed by atoms with Crippen molar-refractivity contribution in [3.63, 3.8) is 0 Å². The average molecular weight is 283 g/mol. The summed E-state index contributed by atoms with van der Waals surface area (Å²) in [5.41, 5.74) is -1.81. The summed E-state index contributed by atoms with van der Waals surface area (Å²) in [4.78, 5) is 3.75. The first-order valence-electron chi connectivity index (χ1n) is 6.08. The highest BCUT2D eigenvalue weighted by Crippen LogP contribution is 2.33. The molecule has 108 valence electrons. The van der Waals surface area contributed by atoms with Crippen LogP contribution < -0.4 is 0 Å². The topological polar surface area (TPSA) is 71.2 Å². The van der Waals surface area contributed by atoms with Crippen molar-refractivity contribution in [2.45, 2.75) is 19.1 Å². The first kappa shape index (κ1) is 14.5. The van der Waals surface area contributed by atoms with E-state index in [1.807, 2.05) is 0 Å². The fraction of sp³-hybridized carbons (Fsp3) is 0.385. The maximum Gasteiger partial charge on any atom is 0.137 e. The van der Waals surface area contributed by atoms with Gasteiger partial charge in [0.05, 0.1) is 6.54 Å². The number of hydrogen-bond donors (Lipinski definition) is 2. The second-order valence-electron chi connectivity index (χ2n) is 4.73. The van der Waals surface area contributed by atoms with Gasteiger partial charge in [-0.05, 0) is 6.07 Å². The fourth-order valence-electron chi connectivity index (χ4n) is 2.06. The van der Waals surface area contributed by atoms with Crippen LogP contribution in [-0.2, 0) is 12.1 Å². The third kappa shape index (κ3) is 2.68. The lowest BCUT2D eigenvalue weighted by molar-refractivity contribution is -0.0566. The summed E-state index contributed by atoms with van der Waals surface area (Å²) in [5.74, 6) is -2.27. The normalized spacial score (nSPS) is 15.8. The Balaban J connectivity index is 2.45. The number of aromatic nitrogens is 3. The number of rotatable bonds is 5. The molecule has 1 aromatic carbocycles. The monoisotopic (exact) mass is 283 g/mol. The number of nitrogens with zero attached hydrogens (tertiary/aromatic N) is 3. The van der Waals surface area contributed by atoms with E-state index in [2.05, 4.69) is 10.1 Å². The number of halogens is 2. The molecule has 2 atom stereocenters. The van der Waals surface area contributed by atoms with E-state index in [-0.39, 0.29) is 18.7 Å². The standard InChI is InChI=1S/C13H15F2N3O2/c1-9(5-19)13(20,6-18-8-16-7-17-18)11-3-2-10(14)4-12(11)15/h2-4,7-9,19-20H,5-6H2,1H3/t9-,13-/m0/s1. The molecule has 0 saturated heterocycles. The van der Waals surface area contributed by atoms with Crippen LogP contribution in [0.25, 0.3) is 0 Å². The third-order valence-corrected chi connectivity index (χ3v) is 3.36. The summed E-state index contributed by atoms with van der Waals surface area (Å²) in [6, 6.07) is 2.94. The zero-order chi connectivity index (χ0) is 14.8. The van der Waals surface area contributed by atoms with Gasteiger partial charge in [-0.1, -0.05) is 13.0 Å². The Kier molecular flexibility index (Phi) is 4.10. The molecule has 2 aromatic rings. The zero-order valence-electron chi connectivity index (χ0n) is 10.9. The zero-order valence-corrected chi connectivity index (χ0v) is 10.9. The van der Waals surface area contributed by atoms with Crippen LogP contribution in [0.4, 0.5) is 8.78 Å². The van der Waals surface area contributed by atoms with Gasteiger partial charge in [0.15, 0.2) is 0 Å². The SMILES string of the molecule is C[C@@H](CO)[C@@](O)(Cn1cncn1)c1ccc(F)cc1F. The third-order valence-electron chi connectivity index (χ3n) is 3.36. The van der Waals surface area contributed by atoms with Crippen LogP contribution in [0.2, 0.25) is 0 Å². The van der Waals surface area contributed by atoms with Crippen molar-refractivity contribution in [2.24, 2.45) is 5.92 Å². The maximum absolute atomic E-state index is 13.9. The van der Waals surface area contributed by atoms with E-state index in [9.17, 15) is 19.0 Å². The Bertz CT molecular complexity index is 577. The summed E-state index contributed by atoms with van der Waals surface area (Å²) in [6.45, 7) is 1.11. The van der Waals surface area contributed by atoms with E-state index in [1.54, 1.807) is 6.92 Å². The van der Waals surface area contributed by atoms with Gasteiger partial charge in [0.2, 0.25) is 0 Å². The van der Waals surface area contributed by atoms with E-state index in [4.69, 9.17) is 0 Å². The number of aliphatic hydroxyl groups is 2. The van der Waals surface area contributed by atoms with Gasteiger partial charge < -0.3 is 10.2 Å². The van der Waals surface area contributed by atoms with Crippen molar-refractivity contribution in [1.82, 2.24) is 14.8 Å². The van der Waals surface area contributed by atoms with Crippen molar-refractivity contribution < 1.29 is 19.0 Å². The molecule has 0 aliphatic carbocycles. The molecule has 2 rings (SSSR count). The van der Waals surface area contributed by atoms with Crippen LogP contribution in [-0.4, -0.2) is 31.6 Å². The van der Waals surface area contributed by atoms with Crippen molar-refractivity contribution in [2.75, 3.05) is 6.61 Å². The van der Waals surface area contributed by atoms with Gasteiger partial charge in [0.1, 0.15) is 29.9 Å². The quantitative estimate of drug-likeness (QED) is 0.861. The summed E-state index contributed by atoms with van der Waals surface area (Å²) in [6.07, 6.45) is 2.65. The van der Waals surface area contributed by atoms with Gasteiger partial charge in [-0.3, -0.25) is 0 Å². The van der Waals surface area contributed by atoms with Crippen LogP contribution in [0.15, 0.2) is 30.9 Å². The number of hydrogen-bond acceptors (Lipinski definition) is 4. The largest absolute Gasteiger partial charge is 0.396 e. The molecule has 0 bridgehead atoms. The number of benzene rings is 1. The molecule has 0 radical (unpaired) electrons. The van der Waals surface area contributed by atoms with Crippen molar-refractivity contribution in [3.8, 4) is 0 Å². The molecular formula is C13H15F2N3O2. The maximum atomic E-state index is 13.9. The Morgan fingerprint density at radius 2 is 2.15 bits per heavy atom. The molecule has 0 amide bonds. The van der Waals surface area contributed by atoms with Crippen LogP contribution >= 0.6 is 0 Å². The Morgan fingerprint density at radius 3 is 2.70 bits per heavy atom. The highest BCUT2D eigenvalue weighted by molar-refractivity contribution is 5.26. The lowest BCUT2D eigenvalue weighted by Gasteiger charge is -2.33. The van der Waals surface area contributed by atoms with Gasteiger partial charge in [0.25, 0.3) is 0 Å². The van der Waals surface area contributed by atoms with Crippen LogP contribution in [0.3, 0.4) is 0 Å². The molecule has 1 aromatic heterocycles. The van der Waals surface area contributed by atoms with Crippen LogP contribution in [0.1, 0.15) is 12.5 Å². The molecule has 20 heavy (non-hydrogen) atoms. The molecule has 0 unspecified atom stereocenters. The first-order chi connectivity index (χ1) is 9.47. The van der Waals surface area contributed by atoms with E-state index in [0.717, 1.165) is 6.07 Å². The fourth-order valence-corrected chi connectivity index (χ4v) is 2.06. The van der Waals surface area contributed by atoms with Crippen molar-refractivity contribution in [3.05, 3.63) is 48.1 Å². The lowest BCUT2D eigenvalue weighted by atomic mass is 9.82. The Labute approximate surface area is 114 Å². The molecular weight excluding hydrogens is 268 g/mol. The molecule has 0 fully saturated rings. The second kappa shape index (κ2) is 5.64. The molecule has 0 spiro atoms. The van der Waals surface area contributed by atoms with E-state index >= 15 is 0 Å². The van der Waals surface area contributed by atoms with E-state index in [1.165, 1.54) is 23.4 Å². The molecule has 0 saturated carbocycles. The highest BCUT2D eigenvalue weighted by atomic mass is 19.1. The molecule has 0 aliphatic rings. The summed E-state index contributed by atoms with van der Waals surface area (Å²) in [7, 11) is 0. The van der Waals surface area contributed by atoms with Gasteiger partial charge in [-0.25, -0.2) is 18.4 Å². The van der Waals surface area contributed by atoms with E-state index < -0.39 is 23.2 Å². The molecule has 2 N–H and O–H groups in total. The predicted octanol–water partition coefficient (Wildman–Crippen LogP) is 1.07. The lowest BCUT2D eigenvalue weighted by Crippen LogP contribution is -2.41. The molecule has 1 heterocycles. The van der Waals surface area contributed by atoms with Crippen molar-refractivity contribution >= 4 is 0 Å². The minimum Gasteiger partial charge on any atom is -0.396 e. The molecule has 5 nitrogen and oxygen atoms in total. The van der Waals surface area contributed by atoms with E-state index in [0.29, 0.717) is 6.07 Å². The van der Waals surface area contributed by atoms with Gasteiger partial charge in [-0.15, -0.1) is 0 Å². The van der Waals surface area contributed by atoms with Gasteiger partial charge in [-0.2, -0.15) is 5.10 Å². The second-order valence-corrected chi connectivity index (χ2v) is 4.73. The highest BCUT2D eigenvalue weighted by Gasteiger charge is 2.38. The average Bonchev–Trinajstić information content (AvgIpc) is 2.90. The predicted molar refractivity (Wildman–Crippen MR) is 66.5 cm³/mol. The Hall–Kier alpha value is -1.86. The molecule has 7 heteroatoms. The summed E-state index contributed by atoms with van der Waals surface area (Å²) >= 11 is 0. The minimum atomic E-state index is -1.72. The minimum absolute atomic E-state index is 0.0871. The van der Waals surface area contributed by atoms with Crippen LogP contribution in [0.5, 0.6) is 0 Å². The first-order valence-corrected chi connectivity index (χ1v) is 6.08. The number of aliphatic hydroxyl groups excluding tert-OH is 1.